The number of aryl methyl sites for hydroxylation is 1. The van der Waals surface area contributed by atoms with E-state index in [4.69, 9.17) is 0 Å². The van der Waals surface area contributed by atoms with Crippen LogP contribution in [0.3, 0.4) is 0 Å². The summed E-state index contributed by atoms with van der Waals surface area (Å²) in [6.07, 6.45) is 1.72. The molecular formula is C11H9N3O. The Hall–Kier alpha value is -2.10. The first-order chi connectivity index (χ1) is 7.27. The molecule has 0 aliphatic rings. The number of pyridine rings is 1. The van der Waals surface area contributed by atoms with Crippen molar-refractivity contribution in [3.63, 3.8) is 0 Å². The molecule has 0 aliphatic carbocycles. The third-order valence-corrected chi connectivity index (χ3v) is 2.65. The van der Waals surface area contributed by atoms with E-state index in [0.717, 1.165) is 21.9 Å². The molecule has 0 bridgehead atoms. The third-order valence-electron chi connectivity index (χ3n) is 2.65. The highest BCUT2D eigenvalue weighted by Gasteiger charge is 2.06. The predicted molar refractivity (Wildman–Crippen MR) is 58.8 cm³/mol. The molecule has 0 aliphatic heterocycles. The van der Waals surface area contributed by atoms with Gasteiger partial charge in [0.25, 0.3) is 0 Å². The normalized spacial score (nSPS) is 11.3. The number of imidazole rings is 1. The Morgan fingerprint density at radius 1 is 1.33 bits per heavy atom. The number of rotatable bonds is 0. The van der Waals surface area contributed by atoms with Crippen molar-refractivity contribution in [2.75, 3.05) is 0 Å². The first-order valence-electron chi connectivity index (χ1n) is 4.70. The number of nitrogens with one attached hydrogen (secondary N) is 1. The molecule has 3 rings (SSSR count). The monoisotopic (exact) mass is 199 g/mol. The SMILES string of the molecule is Cn1c(=O)[nH]c2c3ccccc3ncc21. The second-order valence-corrected chi connectivity index (χ2v) is 3.52. The second-order valence-electron chi connectivity index (χ2n) is 3.52. The van der Waals surface area contributed by atoms with Crippen molar-refractivity contribution < 1.29 is 0 Å². The number of hydrogen-bond acceptors (Lipinski definition) is 2. The van der Waals surface area contributed by atoms with Crippen LogP contribution in [0.25, 0.3) is 21.9 Å². The minimum Gasteiger partial charge on any atom is -0.305 e. The molecule has 15 heavy (non-hydrogen) atoms. The molecule has 0 saturated heterocycles. The first-order valence-corrected chi connectivity index (χ1v) is 4.70. The van der Waals surface area contributed by atoms with E-state index in [0.29, 0.717) is 0 Å². The zero-order chi connectivity index (χ0) is 10.4. The maximum absolute atomic E-state index is 11.5. The molecule has 0 atom stereocenters. The molecule has 4 nitrogen and oxygen atoms in total. The molecule has 1 N–H and O–H groups in total. The molecule has 2 aromatic heterocycles. The number of H-pyrrole nitrogens is 1. The Labute approximate surface area is 85.2 Å². The van der Waals surface area contributed by atoms with Crippen molar-refractivity contribution in [3.8, 4) is 0 Å². The maximum atomic E-state index is 11.5. The lowest BCUT2D eigenvalue weighted by molar-refractivity contribution is 0.890. The summed E-state index contributed by atoms with van der Waals surface area (Å²) in [6.45, 7) is 0. The number of hydrogen-bond donors (Lipinski definition) is 1. The van der Waals surface area contributed by atoms with Crippen molar-refractivity contribution in [3.05, 3.63) is 40.9 Å². The molecule has 74 valence electrons. The Bertz CT molecular complexity index is 708. The lowest BCUT2D eigenvalue weighted by Crippen LogP contribution is -2.11. The molecule has 0 radical (unpaired) electrons. The lowest BCUT2D eigenvalue weighted by Gasteiger charge is -1.98. The highest BCUT2D eigenvalue weighted by atomic mass is 16.1. The summed E-state index contributed by atoms with van der Waals surface area (Å²) in [5.74, 6) is 0. The number of para-hydroxylation sites is 1. The summed E-state index contributed by atoms with van der Waals surface area (Å²) in [5.41, 5.74) is 2.47. The van der Waals surface area contributed by atoms with Crippen LogP contribution >= 0.6 is 0 Å². The summed E-state index contributed by atoms with van der Waals surface area (Å²) in [4.78, 5) is 18.6. The summed E-state index contributed by atoms with van der Waals surface area (Å²) < 4.78 is 1.56. The zero-order valence-corrected chi connectivity index (χ0v) is 8.19. The van der Waals surface area contributed by atoms with Crippen molar-refractivity contribution in [1.29, 1.82) is 0 Å². The average molecular weight is 199 g/mol. The van der Waals surface area contributed by atoms with Gasteiger partial charge in [-0.1, -0.05) is 18.2 Å². The average Bonchev–Trinajstić information content (AvgIpc) is 2.56. The standard InChI is InChI=1S/C11H9N3O/c1-14-9-6-12-8-5-3-2-4-7(8)10(9)13-11(14)15/h2-6H,1H3,(H,13,15). The number of aromatic amines is 1. The van der Waals surface area contributed by atoms with Gasteiger partial charge in [-0.25, -0.2) is 4.79 Å². The van der Waals surface area contributed by atoms with Gasteiger partial charge < -0.3 is 4.98 Å². The van der Waals surface area contributed by atoms with Crippen molar-refractivity contribution >= 4 is 21.9 Å². The molecule has 3 aromatic rings. The van der Waals surface area contributed by atoms with E-state index < -0.39 is 0 Å². The molecule has 0 amide bonds. The summed E-state index contributed by atoms with van der Waals surface area (Å²) >= 11 is 0. The molecule has 4 heteroatoms. The number of nitrogens with zero attached hydrogens (tertiary/aromatic N) is 2. The van der Waals surface area contributed by atoms with Gasteiger partial charge in [0.2, 0.25) is 0 Å². The van der Waals surface area contributed by atoms with Crippen LogP contribution in [0, 0.1) is 0 Å². The maximum Gasteiger partial charge on any atom is 0.326 e. The van der Waals surface area contributed by atoms with Crippen LogP contribution in [0.4, 0.5) is 0 Å². The topological polar surface area (TPSA) is 50.7 Å². The van der Waals surface area contributed by atoms with E-state index in [1.165, 1.54) is 0 Å². The van der Waals surface area contributed by atoms with Crippen molar-refractivity contribution in [2.24, 2.45) is 7.05 Å². The van der Waals surface area contributed by atoms with E-state index in [1.54, 1.807) is 17.8 Å². The van der Waals surface area contributed by atoms with Crippen LogP contribution in [0.15, 0.2) is 35.3 Å². The summed E-state index contributed by atoms with van der Waals surface area (Å²) in [6, 6.07) is 7.76. The van der Waals surface area contributed by atoms with Crippen LogP contribution in [-0.4, -0.2) is 14.5 Å². The van der Waals surface area contributed by atoms with Crippen LogP contribution in [0.1, 0.15) is 0 Å². The quantitative estimate of drug-likeness (QED) is 0.595. The first kappa shape index (κ1) is 8.23. The number of fused-ring (bicyclic) bond motifs is 3. The number of aromatic nitrogens is 3. The molecule has 1 aromatic carbocycles. The number of benzene rings is 1. The minimum absolute atomic E-state index is 0.108. The summed E-state index contributed by atoms with van der Waals surface area (Å²) in [7, 11) is 1.73. The smallest absolute Gasteiger partial charge is 0.305 e. The van der Waals surface area contributed by atoms with Gasteiger partial charge in [-0.3, -0.25) is 9.55 Å². The van der Waals surface area contributed by atoms with Crippen LogP contribution in [-0.2, 0) is 7.05 Å². The Kier molecular flexibility index (Phi) is 1.48. The fourth-order valence-electron chi connectivity index (χ4n) is 1.82. The summed E-state index contributed by atoms with van der Waals surface area (Å²) in [5, 5.41) is 0.979. The lowest BCUT2D eigenvalue weighted by atomic mass is 10.2. The van der Waals surface area contributed by atoms with Crippen molar-refractivity contribution in [2.45, 2.75) is 0 Å². The molecular weight excluding hydrogens is 190 g/mol. The highest BCUT2D eigenvalue weighted by Crippen LogP contribution is 2.19. The zero-order valence-electron chi connectivity index (χ0n) is 8.19. The van der Waals surface area contributed by atoms with Crippen LogP contribution < -0.4 is 5.69 Å². The van der Waals surface area contributed by atoms with E-state index >= 15 is 0 Å². The molecule has 2 heterocycles. The Morgan fingerprint density at radius 2 is 2.13 bits per heavy atom. The molecule has 0 saturated carbocycles. The second kappa shape index (κ2) is 2.70. The van der Waals surface area contributed by atoms with Gasteiger partial charge in [0.15, 0.2) is 0 Å². The van der Waals surface area contributed by atoms with Crippen molar-refractivity contribution in [1.82, 2.24) is 14.5 Å². The van der Waals surface area contributed by atoms with Gasteiger partial charge in [-0.05, 0) is 6.07 Å². The molecule has 0 fully saturated rings. The third kappa shape index (κ3) is 1.01. The van der Waals surface area contributed by atoms with Gasteiger partial charge in [0.1, 0.15) is 0 Å². The molecule has 0 spiro atoms. The van der Waals surface area contributed by atoms with E-state index in [-0.39, 0.29) is 5.69 Å². The van der Waals surface area contributed by atoms with E-state index in [9.17, 15) is 4.79 Å². The van der Waals surface area contributed by atoms with Gasteiger partial charge in [-0.2, -0.15) is 0 Å². The van der Waals surface area contributed by atoms with E-state index in [2.05, 4.69) is 9.97 Å². The fourth-order valence-corrected chi connectivity index (χ4v) is 1.82. The van der Waals surface area contributed by atoms with E-state index in [1.807, 2.05) is 24.3 Å². The van der Waals surface area contributed by atoms with Gasteiger partial charge >= 0.3 is 5.69 Å². The molecule has 0 unspecified atom stereocenters. The Morgan fingerprint density at radius 3 is 3.00 bits per heavy atom. The predicted octanol–water partition coefficient (Wildman–Crippen LogP) is 1.41. The van der Waals surface area contributed by atoms with Gasteiger partial charge in [-0.15, -0.1) is 0 Å². The van der Waals surface area contributed by atoms with Gasteiger partial charge in [0.05, 0.1) is 22.7 Å². The highest BCUT2D eigenvalue weighted by molar-refractivity contribution is 6.01. The van der Waals surface area contributed by atoms with Crippen LogP contribution in [0.5, 0.6) is 0 Å². The van der Waals surface area contributed by atoms with Gasteiger partial charge in [0, 0.05) is 12.4 Å². The van der Waals surface area contributed by atoms with Crippen LogP contribution in [0.2, 0.25) is 0 Å². The minimum atomic E-state index is -0.108. The Balaban J connectivity index is 2.66. The fraction of sp³-hybridized carbons (Fsp3) is 0.0909. The largest absolute Gasteiger partial charge is 0.326 e.